The van der Waals surface area contributed by atoms with Crippen LogP contribution in [0.3, 0.4) is 0 Å². The van der Waals surface area contributed by atoms with Gasteiger partial charge in [0, 0.05) is 28.4 Å². The third-order valence-electron chi connectivity index (χ3n) is 8.56. The van der Waals surface area contributed by atoms with Crippen molar-refractivity contribution in [3.63, 3.8) is 0 Å². The predicted molar refractivity (Wildman–Crippen MR) is 276 cm³/mol. The summed E-state index contributed by atoms with van der Waals surface area (Å²) in [5.41, 5.74) is 8.17. The first-order chi connectivity index (χ1) is 28.2. The molecule has 0 bridgehead atoms. The molecule has 0 aliphatic heterocycles. The van der Waals surface area contributed by atoms with E-state index in [9.17, 15) is 0 Å². The molecule has 13 heteroatoms. The molecule has 0 unspecified atom stereocenters. The summed E-state index contributed by atoms with van der Waals surface area (Å²) in [7, 11) is 4.40. The molecule has 0 saturated heterocycles. The van der Waals surface area contributed by atoms with E-state index in [2.05, 4.69) is 191 Å². The minimum atomic E-state index is -1.11. The van der Waals surface area contributed by atoms with Crippen molar-refractivity contribution in [3.05, 3.63) is 104 Å². The summed E-state index contributed by atoms with van der Waals surface area (Å²) in [5, 5.41) is 15.5. The van der Waals surface area contributed by atoms with E-state index in [1.807, 2.05) is 0 Å². The van der Waals surface area contributed by atoms with Crippen LogP contribution in [0.2, 0.25) is 39.3 Å². The minimum Gasteiger partial charge on any atom is -0.668 e. The number of ether oxygens (including phenoxy) is 4. The number of benzene rings is 2. The fourth-order valence-corrected chi connectivity index (χ4v) is 14.3. The van der Waals surface area contributed by atoms with Gasteiger partial charge in [-0.25, -0.2) is 0 Å². The number of hydrogen-bond donors (Lipinski definition) is 0. The quantitative estimate of drug-likeness (QED) is 0.0537. The standard InChI is InChI=1S/C36H53N4.C6H18NSi2.2C4H10O2.Na.Sm/c1-21(2)29-17-15-18-30(22(3)4)34(29)39-27(13)33(36(37-25(9)10)38-26(11)12)28(14)40-35-31(23(5)6)19-16-20-32(35)24(7)8;1-8(2,3)7-9(4,5)6;2*1-5-3-4-6-2;;/h15-26,33H,13-14H2,1-12H3;1-6H3;2*3-4H2,1-2H3;;/q-3;-1;;;+1;+3. The maximum atomic E-state index is 5.26. The molecule has 0 amide bonds. The fraction of sp³-hybridized carbons (Fsp3) is 0.660. The van der Waals surface area contributed by atoms with Crippen molar-refractivity contribution in [2.45, 2.75) is 158 Å². The topological polar surface area (TPSA) is 106 Å². The van der Waals surface area contributed by atoms with Gasteiger partial charge < -0.3 is 44.5 Å². The van der Waals surface area contributed by atoms with Crippen LogP contribution in [0.1, 0.15) is 129 Å². The van der Waals surface area contributed by atoms with Crippen LogP contribution in [-0.2, 0) is 18.9 Å². The number of para-hydroxylation sites is 2. The second kappa shape index (κ2) is 36.6. The molecule has 0 saturated carbocycles. The molecule has 0 fully saturated rings. The zero-order chi connectivity index (χ0) is 47.7. The molecular weight excluding hydrogens is 964 g/mol. The van der Waals surface area contributed by atoms with E-state index in [-0.39, 0.29) is 82.0 Å². The first-order valence-corrected chi connectivity index (χ1v) is 29.1. The van der Waals surface area contributed by atoms with Crippen LogP contribution in [0.4, 0.5) is 11.4 Å². The minimum absolute atomic E-state index is 0. The van der Waals surface area contributed by atoms with Gasteiger partial charge in [0.1, 0.15) is 0 Å². The van der Waals surface area contributed by atoms with E-state index in [0.717, 1.165) is 11.4 Å². The van der Waals surface area contributed by atoms with Gasteiger partial charge in [0.25, 0.3) is 0 Å². The number of amidine groups is 1. The summed E-state index contributed by atoms with van der Waals surface area (Å²) in [6.07, 6.45) is 0. The molecule has 0 aliphatic carbocycles. The van der Waals surface area contributed by atoms with Gasteiger partial charge in [-0.15, -0.1) is 24.5 Å². The molecule has 63 heavy (non-hydrogen) atoms. The number of aliphatic imine (C=N–C) groups is 1. The van der Waals surface area contributed by atoms with Crippen molar-refractivity contribution in [1.82, 2.24) is 0 Å². The Hall–Kier alpha value is -0.439. The van der Waals surface area contributed by atoms with Gasteiger partial charge in [-0.2, -0.15) is 11.4 Å². The Labute approximate surface area is 445 Å². The van der Waals surface area contributed by atoms with Crippen LogP contribution in [0, 0.1) is 46.3 Å². The smallest absolute Gasteiger partial charge is 0.668 e. The van der Waals surface area contributed by atoms with Gasteiger partial charge in [-0.3, -0.25) is 0 Å². The Morgan fingerprint density at radius 1 is 0.540 bits per heavy atom. The maximum Gasteiger partial charge on any atom is 3.00 e. The summed E-state index contributed by atoms with van der Waals surface area (Å²) in [4.78, 5) is 4.98. The Bertz CT molecular complexity index is 1400. The monoisotopic (exact) mass is 1060 g/mol. The number of nitrogens with zero attached hydrogens (tertiary/aromatic N) is 5. The molecule has 2 aromatic carbocycles. The summed E-state index contributed by atoms with van der Waals surface area (Å²) in [6, 6.07) is 13.1. The third kappa shape index (κ3) is 31.3. The van der Waals surface area contributed by atoms with Crippen molar-refractivity contribution in [1.29, 1.82) is 0 Å². The van der Waals surface area contributed by atoms with E-state index < -0.39 is 22.4 Å². The number of rotatable bonds is 21. The van der Waals surface area contributed by atoms with Crippen molar-refractivity contribution in [3.8, 4) is 0 Å². The van der Waals surface area contributed by atoms with Gasteiger partial charge in [-0.1, -0.05) is 203 Å². The largest absolute Gasteiger partial charge is 3.00 e. The van der Waals surface area contributed by atoms with Crippen molar-refractivity contribution >= 4 is 33.7 Å². The molecule has 0 aliphatic rings. The Morgan fingerprint density at radius 2 is 0.810 bits per heavy atom. The van der Waals surface area contributed by atoms with Crippen molar-refractivity contribution in [2.75, 3.05) is 54.9 Å². The van der Waals surface area contributed by atoms with Gasteiger partial charge in [0.15, 0.2) is 0 Å². The molecule has 0 aromatic heterocycles. The van der Waals surface area contributed by atoms with E-state index in [1.165, 1.54) is 22.3 Å². The number of methoxy groups -OCH3 is 4. The van der Waals surface area contributed by atoms with Crippen LogP contribution in [0.5, 0.6) is 0 Å². The first kappa shape index (κ1) is 69.1. The van der Waals surface area contributed by atoms with Gasteiger partial charge in [0.2, 0.25) is 0 Å². The third-order valence-corrected chi connectivity index (χ3v) is 13.9. The molecule has 0 atom stereocenters. The van der Waals surface area contributed by atoms with Crippen LogP contribution in [0.25, 0.3) is 20.6 Å². The van der Waals surface area contributed by atoms with Crippen LogP contribution >= 0.6 is 0 Å². The molecule has 1 radical (unpaired) electrons. The molecule has 0 N–H and O–H groups in total. The Kier molecular flexibility index (Phi) is 40.1. The molecule has 355 valence electrons. The van der Waals surface area contributed by atoms with Crippen LogP contribution < -0.4 is 29.6 Å². The second-order valence-electron chi connectivity index (χ2n) is 19.1. The van der Waals surface area contributed by atoms with Gasteiger partial charge >= 0.3 is 69.9 Å². The molecule has 2 rings (SSSR count). The van der Waals surface area contributed by atoms with Crippen LogP contribution in [-0.4, -0.2) is 89.3 Å². The summed E-state index contributed by atoms with van der Waals surface area (Å²) < 4.78 is 23.4. The van der Waals surface area contributed by atoms with Crippen molar-refractivity contribution < 1.29 is 88.9 Å². The zero-order valence-electron chi connectivity index (χ0n) is 44.5. The summed E-state index contributed by atoms with van der Waals surface area (Å²) >= 11 is 0. The predicted octanol–water partition coefficient (Wildman–Crippen LogP) is 12.7. The maximum absolute atomic E-state index is 5.26. The summed E-state index contributed by atoms with van der Waals surface area (Å²) in [5.74, 6) is 1.55. The molecular formula is C50H91N5NaO4Si2Sm. The average Bonchev–Trinajstić information content (AvgIpc) is 3.11. The SMILES string of the molecule is C=C([N-]c1c(C(C)C)cccc1C(C)C)C(C(=C)[N-]c1c(C(C)C)cccc1C(C)C)C(=NC(C)C)[N-]C(C)C.COCCOC.COCCOC.C[Si](C)(C)[N-][Si](C)(C)C.[Na+].[Sm+3]. The molecule has 2 aromatic rings. The van der Waals surface area contributed by atoms with Crippen molar-refractivity contribution in [2.24, 2.45) is 10.9 Å². The van der Waals surface area contributed by atoms with E-state index in [0.29, 0.717) is 67.3 Å². The average molecular weight is 1060 g/mol. The fourth-order valence-electron chi connectivity index (χ4n) is 6.24. The number of hydrogen-bond acceptors (Lipinski definition) is 5. The second-order valence-corrected chi connectivity index (χ2v) is 28.6. The Balaban J connectivity index is -0.000000621. The molecule has 0 spiro atoms. The van der Waals surface area contributed by atoms with E-state index in [1.54, 1.807) is 28.4 Å². The normalized spacial score (nSPS) is 11.6. The van der Waals surface area contributed by atoms with E-state index in [4.69, 9.17) is 25.6 Å². The molecule has 0 heterocycles. The zero-order valence-corrected chi connectivity index (χ0v) is 51.1. The first-order valence-electron chi connectivity index (χ1n) is 22.2. The van der Waals surface area contributed by atoms with E-state index >= 15 is 0 Å². The molecule has 9 nitrogen and oxygen atoms in total. The van der Waals surface area contributed by atoms with Gasteiger partial charge in [-0.05, 0) is 41.7 Å². The summed E-state index contributed by atoms with van der Waals surface area (Å²) in [6.45, 7) is 51.6. The Morgan fingerprint density at radius 3 is 0.984 bits per heavy atom. The van der Waals surface area contributed by atoms with Gasteiger partial charge in [0.05, 0.1) is 26.4 Å². The van der Waals surface area contributed by atoms with Crippen LogP contribution in [0.15, 0.2) is 65.9 Å².